The van der Waals surface area contributed by atoms with Gasteiger partial charge in [0.25, 0.3) is 0 Å². The maximum atomic E-state index is 13.4. The van der Waals surface area contributed by atoms with Crippen molar-refractivity contribution in [3.05, 3.63) is 60.7 Å². The molecule has 0 aliphatic carbocycles. The molecule has 0 spiro atoms. The van der Waals surface area contributed by atoms with E-state index in [1.807, 2.05) is 60.7 Å². The highest BCUT2D eigenvalue weighted by atomic mass is 31.2. The van der Waals surface area contributed by atoms with E-state index in [0.29, 0.717) is 12.8 Å². The molecule has 0 unspecified atom stereocenters. The molecule has 0 atom stereocenters. The summed E-state index contributed by atoms with van der Waals surface area (Å²) in [5.74, 6) is 0. The fourth-order valence-electron chi connectivity index (χ4n) is 2.18. The molecule has 0 radical (unpaired) electrons. The molecule has 0 saturated heterocycles. The van der Waals surface area contributed by atoms with Crippen LogP contribution in [0.4, 0.5) is 0 Å². The van der Waals surface area contributed by atoms with Gasteiger partial charge in [-0.2, -0.15) is 0 Å². The Hall–Kier alpha value is -1.37. The van der Waals surface area contributed by atoms with Crippen LogP contribution in [0, 0.1) is 0 Å². The Morgan fingerprint density at radius 3 is 1.79 bits per heavy atom. The van der Waals surface area contributed by atoms with Crippen molar-refractivity contribution in [2.75, 3.05) is 19.9 Å². The first-order valence-electron chi connectivity index (χ1n) is 6.46. The molecule has 3 heteroatoms. The van der Waals surface area contributed by atoms with Gasteiger partial charge < -0.3 is 9.30 Å². The number of ether oxygens (including phenoxy) is 1. The molecule has 0 aliphatic rings. The molecule has 2 rings (SSSR count). The summed E-state index contributed by atoms with van der Waals surface area (Å²) in [7, 11) is -0.857. The van der Waals surface area contributed by atoms with Crippen molar-refractivity contribution in [2.24, 2.45) is 0 Å². The molecule has 2 nitrogen and oxygen atoms in total. The summed E-state index contributed by atoms with van der Waals surface area (Å²) in [4.78, 5) is 0. The van der Waals surface area contributed by atoms with E-state index in [4.69, 9.17) is 4.74 Å². The Kier molecular flexibility index (Phi) is 4.95. The number of rotatable bonds is 6. The quantitative estimate of drug-likeness (QED) is 0.598. The average molecular weight is 274 g/mol. The molecule has 0 heterocycles. The minimum absolute atomic E-state index is 0.643. The molecular formula is C16H19O2P. The molecule has 0 aliphatic heterocycles. The van der Waals surface area contributed by atoms with Crippen LogP contribution in [0.2, 0.25) is 0 Å². The van der Waals surface area contributed by atoms with Crippen LogP contribution < -0.4 is 10.6 Å². The van der Waals surface area contributed by atoms with Gasteiger partial charge in [-0.25, -0.2) is 0 Å². The Morgan fingerprint density at radius 1 is 0.895 bits per heavy atom. The summed E-state index contributed by atoms with van der Waals surface area (Å²) in [6, 6.07) is 19.5. The van der Waals surface area contributed by atoms with Crippen molar-refractivity contribution < 1.29 is 9.30 Å². The zero-order valence-electron chi connectivity index (χ0n) is 11.2. The predicted molar refractivity (Wildman–Crippen MR) is 81.1 cm³/mol. The van der Waals surface area contributed by atoms with E-state index in [0.717, 1.165) is 17.0 Å². The number of hydrogen-bond acceptors (Lipinski definition) is 2. The van der Waals surface area contributed by atoms with Gasteiger partial charge in [-0.15, -0.1) is 0 Å². The van der Waals surface area contributed by atoms with Crippen LogP contribution in [0.25, 0.3) is 0 Å². The second-order valence-corrected chi connectivity index (χ2v) is 7.44. The molecule has 0 saturated carbocycles. The molecule has 0 amide bonds. The lowest BCUT2D eigenvalue weighted by molar-refractivity contribution is 0.199. The average Bonchev–Trinajstić information content (AvgIpc) is 2.49. The van der Waals surface area contributed by atoms with Crippen LogP contribution >= 0.6 is 7.14 Å². The molecule has 0 bridgehead atoms. The molecule has 100 valence electrons. The van der Waals surface area contributed by atoms with Gasteiger partial charge in [0.1, 0.15) is 7.14 Å². The van der Waals surface area contributed by atoms with Gasteiger partial charge in [-0.05, 0) is 6.42 Å². The highest BCUT2D eigenvalue weighted by molar-refractivity contribution is 7.78. The van der Waals surface area contributed by atoms with Crippen LogP contribution in [-0.2, 0) is 9.30 Å². The number of hydrogen-bond donors (Lipinski definition) is 0. The SMILES string of the molecule is COCCCP(=O)(c1ccccc1)c1ccccc1. The summed E-state index contributed by atoms with van der Waals surface area (Å²) in [5.41, 5.74) is 0. The second kappa shape index (κ2) is 6.70. The van der Waals surface area contributed by atoms with E-state index in [1.54, 1.807) is 7.11 Å². The van der Waals surface area contributed by atoms with Gasteiger partial charge in [0.2, 0.25) is 0 Å². The smallest absolute Gasteiger partial charge is 0.143 e. The zero-order chi connectivity index (χ0) is 13.6. The summed E-state index contributed by atoms with van der Waals surface area (Å²) in [6.45, 7) is 0.643. The highest BCUT2D eigenvalue weighted by Gasteiger charge is 2.26. The molecule has 0 fully saturated rings. The Labute approximate surface area is 114 Å². The van der Waals surface area contributed by atoms with Crippen molar-refractivity contribution in [1.82, 2.24) is 0 Å². The maximum Gasteiger partial charge on any atom is 0.143 e. The van der Waals surface area contributed by atoms with E-state index in [1.165, 1.54) is 0 Å². The monoisotopic (exact) mass is 274 g/mol. The van der Waals surface area contributed by atoms with Gasteiger partial charge >= 0.3 is 0 Å². The van der Waals surface area contributed by atoms with E-state index in [9.17, 15) is 4.57 Å². The third kappa shape index (κ3) is 3.34. The lowest BCUT2D eigenvalue weighted by Crippen LogP contribution is -2.19. The zero-order valence-corrected chi connectivity index (χ0v) is 12.1. The minimum Gasteiger partial charge on any atom is -0.385 e. The summed E-state index contributed by atoms with van der Waals surface area (Å²) in [6.07, 6.45) is 1.45. The van der Waals surface area contributed by atoms with Gasteiger partial charge in [-0.3, -0.25) is 0 Å². The van der Waals surface area contributed by atoms with Crippen molar-refractivity contribution in [1.29, 1.82) is 0 Å². The summed E-state index contributed by atoms with van der Waals surface area (Å²) < 4.78 is 18.5. The van der Waals surface area contributed by atoms with Crippen LogP contribution in [0.5, 0.6) is 0 Å². The topological polar surface area (TPSA) is 26.3 Å². The molecule has 19 heavy (non-hydrogen) atoms. The van der Waals surface area contributed by atoms with Crippen LogP contribution in [0.1, 0.15) is 6.42 Å². The minimum atomic E-state index is -2.53. The molecular weight excluding hydrogens is 255 g/mol. The van der Waals surface area contributed by atoms with Gasteiger partial charge in [0, 0.05) is 30.5 Å². The third-order valence-corrected chi connectivity index (χ3v) is 6.38. The number of benzene rings is 2. The second-order valence-electron chi connectivity index (χ2n) is 4.48. The number of methoxy groups -OCH3 is 1. The summed E-state index contributed by atoms with van der Waals surface area (Å²) >= 11 is 0. The van der Waals surface area contributed by atoms with Gasteiger partial charge in [0.15, 0.2) is 0 Å². The first-order chi connectivity index (χ1) is 9.27. The fraction of sp³-hybridized carbons (Fsp3) is 0.250. The lowest BCUT2D eigenvalue weighted by Gasteiger charge is -2.19. The first-order valence-corrected chi connectivity index (χ1v) is 8.36. The molecule has 2 aromatic carbocycles. The van der Waals surface area contributed by atoms with Crippen molar-refractivity contribution >= 4 is 17.8 Å². The van der Waals surface area contributed by atoms with Gasteiger partial charge in [-0.1, -0.05) is 60.7 Å². The van der Waals surface area contributed by atoms with Crippen molar-refractivity contribution in [2.45, 2.75) is 6.42 Å². The Morgan fingerprint density at radius 2 is 1.37 bits per heavy atom. The van der Waals surface area contributed by atoms with E-state index < -0.39 is 7.14 Å². The van der Waals surface area contributed by atoms with Crippen LogP contribution in [0.15, 0.2) is 60.7 Å². The highest BCUT2D eigenvalue weighted by Crippen LogP contribution is 2.43. The van der Waals surface area contributed by atoms with E-state index >= 15 is 0 Å². The maximum absolute atomic E-state index is 13.4. The Bertz CT molecular complexity index is 494. The van der Waals surface area contributed by atoms with Crippen LogP contribution in [-0.4, -0.2) is 19.9 Å². The standard InChI is InChI=1S/C16H19O2P/c1-18-13-8-14-19(17,15-9-4-2-5-10-15)16-11-6-3-7-12-16/h2-7,9-12H,8,13-14H2,1H3. The normalized spacial score (nSPS) is 11.4. The van der Waals surface area contributed by atoms with Crippen LogP contribution in [0.3, 0.4) is 0 Å². The van der Waals surface area contributed by atoms with Crippen molar-refractivity contribution in [3.8, 4) is 0 Å². The van der Waals surface area contributed by atoms with Gasteiger partial charge in [0.05, 0.1) is 0 Å². The van der Waals surface area contributed by atoms with E-state index in [-0.39, 0.29) is 0 Å². The molecule has 2 aromatic rings. The molecule has 0 N–H and O–H groups in total. The predicted octanol–water partition coefficient (Wildman–Crippen LogP) is 3.04. The third-order valence-electron chi connectivity index (χ3n) is 3.17. The first kappa shape index (κ1) is 14.0. The van der Waals surface area contributed by atoms with Crippen molar-refractivity contribution in [3.63, 3.8) is 0 Å². The van der Waals surface area contributed by atoms with E-state index in [2.05, 4.69) is 0 Å². The molecule has 0 aromatic heterocycles. The summed E-state index contributed by atoms with van der Waals surface area (Å²) in [5, 5.41) is 1.86. The fourth-order valence-corrected chi connectivity index (χ4v) is 4.87. The Balaban J connectivity index is 2.36. The largest absolute Gasteiger partial charge is 0.385 e. The lowest BCUT2D eigenvalue weighted by atomic mass is 10.4.